The Morgan fingerprint density at radius 2 is 1.40 bits per heavy atom. The van der Waals surface area contributed by atoms with Crippen LogP contribution in [-0.4, -0.2) is 114 Å². The fourth-order valence-corrected chi connectivity index (χ4v) is 8.32. The molecule has 0 saturated carbocycles. The summed E-state index contributed by atoms with van der Waals surface area (Å²) in [5.41, 5.74) is 1.58. The van der Waals surface area contributed by atoms with Gasteiger partial charge in [-0.3, -0.25) is 28.9 Å². The van der Waals surface area contributed by atoms with Crippen LogP contribution >= 0.6 is 0 Å². The molecule has 2 heterocycles. The average Bonchev–Trinajstić information content (AvgIpc) is 3.73. The number of nitrogens with one attached hydrogen (secondary N) is 2. The number of methoxy groups -OCH3 is 1. The highest BCUT2D eigenvalue weighted by Gasteiger charge is 2.41. The number of ether oxygens (including phenoxy) is 1. The Balaban J connectivity index is 1.47. The third-order valence-corrected chi connectivity index (χ3v) is 12.3. The number of piperidine rings is 1. The largest absolute Gasteiger partial charge is 0.467 e. The summed E-state index contributed by atoms with van der Waals surface area (Å²) in [5.74, 6) is -1.61. The van der Waals surface area contributed by atoms with E-state index in [1.165, 1.54) is 12.0 Å². The van der Waals surface area contributed by atoms with Crippen LogP contribution in [0.15, 0.2) is 66.2 Å². The predicted molar refractivity (Wildman–Crippen MR) is 234 cm³/mol. The van der Waals surface area contributed by atoms with Gasteiger partial charge in [-0.15, -0.1) is 0 Å². The zero-order valence-electron chi connectivity index (χ0n) is 37.7. The lowest BCUT2D eigenvalue weighted by atomic mass is 9.84. The Morgan fingerprint density at radius 1 is 0.800 bits per heavy atom. The zero-order valence-corrected chi connectivity index (χ0v) is 37.7. The predicted octanol–water partition coefficient (Wildman–Crippen LogP) is 5.97. The van der Waals surface area contributed by atoms with E-state index in [0.717, 1.165) is 31.4 Å². The fraction of sp³-hybridized carbons (Fsp3) is 0.583. The number of carbonyl (C=O) groups is 6. The molecule has 12 heteroatoms. The van der Waals surface area contributed by atoms with Crippen molar-refractivity contribution in [1.82, 2.24) is 25.3 Å². The van der Waals surface area contributed by atoms with E-state index in [1.54, 1.807) is 73.5 Å². The first kappa shape index (κ1) is 47.8. The molecule has 6 atom stereocenters. The second-order valence-electron chi connectivity index (χ2n) is 18.4. The third kappa shape index (κ3) is 11.9. The smallest absolute Gasteiger partial charge is 0.328 e. The van der Waals surface area contributed by atoms with Crippen molar-refractivity contribution in [2.45, 2.75) is 137 Å². The topological polar surface area (TPSA) is 145 Å². The Labute approximate surface area is 357 Å². The summed E-state index contributed by atoms with van der Waals surface area (Å²) in [6, 6.07) is 12.6. The second-order valence-corrected chi connectivity index (χ2v) is 18.4. The number of ketones is 1. The number of rotatable bonds is 16. The van der Waals surface area contributed by atoms with Crippen molar-refractivity contribution in [3.63, 3.8) is 0 Å². The lowest BCUT2D eigenvalue weighted by molar-refractivity contribution is -0.146. The van der Waals surface area contributed by atoms with Gasteiger partial charge in [-0.2, -0.15) is 0 Å². The number of hydrogen-bond acceptors (Lipinski definition) is 8. The Kier molecular flexibility index (Phi) is 16.8. The van der Waals surface area contributed by atoms with Crippen LogP contribution in [0, 0.1) is 17.3 Å². The van der Waals surface area contributed by atoms with Crippen molar-refractivity contribution >= 4 is 35.4 Å². The van der Waals surface area contributed by atoms with E-state index in [2.05, 4.69) is 36.3 Å². The molecule has 0 aliphatic carbocycles. The first-order chi connectivity index (χ1) is 28.3. The van der Waals surface area contributed by atoms with Crippen LogP contribution in [-0.2, 0) is 35.1 Å². The monoisotopic (exact) mass is 828 g/mol. The molecule has 2 saturated heterocycles. The number of nitrogens with zero attached hydrogens (tertiary/aromatic N) is 3. The molecule has 0 aromatic heterocycles. The van der Waals surface area contributed by atoms with Gasteiger partial charge in [-0.1, -0.05) is 116 Å². The van der Waals surface area contributed by atoms with Gasteiger partial charge in [0.25, 0.3) is 0 Å². The molecule has 4 amide bonds. The van der Waals surface area contributed by atoms with Crippen LogP contribution in [0.2, 0.25) is 0 Å². The molecular weight excluding hydrogens is 759 g/mol. The highest BCUT2D eigenvalue weighted by Crippen LogP contribution is 2.28. The number of amides is 4. The molecule has 2 aliphatic heterocycles. The molecule has 2 aromatic carbocycles. The molecule has 0 bridgehead atoms. The van der Waals surface area contributed by atoms with Gasteiger partial charge in [-0.05, 0) is 68.9 Å². The minimum Gasteiger partial charge on any atom is -0.467 e. The van der Waals surface area contributed by atoms with E-state index in [1.807, 2.05) is 40.7 Å². The van der Waals surface area contributed by atoms with Crippen molar-refractivity contribution in [2.75, 3.05) is 27.2 Å². The van der Waals surface area contributed by atoms with Crippen molar-refractivity contribution < 1.29 is 33.5 Å². The SMILES string of the molecule is COC(=O)[C@H](Cc1ccc(C(=O)c2ccccc2)cc1)NC(=O)[C@@H]1CCCN1C(=O)C(C)=C[C@H](C(C)C)N(C)C(=O)[C@@H](NC(=O)C1CCCCN1C(C)C(C)C)C(C)(C)C. The molecule has 0 radical (unpaired) electrons. The summed E-state index contributed by atoms with van der Waals surface area (Å²) in [6.45, 7) is 19.2. The Bertz CT molecular complexity index is 1850. The van der Waals surface area contributed by atoms with Crippen LogP contribution in [0.1, 0.15) is 116 Å². The second kappa shape index (κ2) is 21.1. The zero-order chi connectivity index (χ0) is 44.5. The van der Waals surface area contributed by atoms with Gasteiger partial charge in [0.1, 0.15) is 18.1 Å². The quantitative estimate of drug-likeness (QED) is 0.120. The summed E-state index contributed by atoms with van der Waals surface area (Å²) in [7, 11) is 2.97. The lowest BCUT2D eigenvalue weighted by Gasteiger charge is -2.42. The van der Waals surface area contributed by atoms with Crippen LogP contribution in [0.25, 0.3) is 0 Å². The Morgan fingerprint density at radius 3 is 1.98 bits per heavy atom. The van der Waals surface area contributed by atoms with Crippen molar-refractivity contribution in [3.8, 4) is 0 Å². The number of likely N-dealkylation sites (tertiary alicyclic amines) is 2. The molecule has 4 rings (SSSR count). The fourth-order valence-electron chi connectivity index (χ4n) is 8.32. The maximum absolute atomic E-state index is 14.4. The summed E-state index contributed by atoms with van der Waals surface area (Å²) in [5, 5.41) is 5.99. The molecule has 328 valence electrons. The third-order valence-electron chi connectivity index (χ3n) is 12.3. The van der Waals surface area contributed by atoms with Gasteiger partial charge in [0, 0.05) is 42.8 Å². The number of carbonyl (C=O) groups excluding carboxylic acids is 6. The number of hydrogen-bond donors (Lipinski definition) is 2. The number of esters is 1. The summed E-state index contributed by atoms with van der Waals surface area (Å²) >= 11 is 0. The van der Waals surface area contributed by atoms with Crippen molar-refractivity contribution in [2.24, 2.45) is 17.3 Å². The highest BCUT2D eigenvalue weighted by atomic mass is 16.5. The molecule has 12 nitrogen and oxygen atoms in total. The van der Waals surface area contributed by atoms with Crippen LogP contribution in [0.4, 0.5) is 0 Å². The van der Waals surface area contributed by atoms with E-state index in [0.29, 0.717) is 42.0 Å². The van der Waals surface area contributed by atoms with Gasteiger partial charge in [-0.25, -0.2) is 4.79 Å². The molecular formula is C48H69N5O7. The van der Waals surface area contributed by atoms with Crippen LogP contribution in [0.5, 0.6) is 0 Å². The standard InChI is InChI=1S/C48H69N5O7/c1-30(2)33(6)52-26-16-15-20-38(52)44(56)50-42(48(7,8)9)46(58)51(10)40(31(3)4)28-32(5)45(57)53-27-17-21-39(53)43(55)49-37(47(59)60-11)29-34-22-24-36(25-23-34)41(54)35-18-13-12-14-19-35/h12-14,18-19,22-25,28,30-31,33,37-40,42H,15-17,20-21,26-27,29H2,1-11H3,(H,49,55)(H,50,56)/t33?,37-,38?,39-,40+,42+/m0/s1. The van der Waals surface area contributed by atoms with Gasteiger partial charge in [0.05, 0.1) is 19.2 Å². The van der Waals surface area contributed by atoms with Crippen LogP contribution in [0.3, 0.4) is 0 Å². The first-order valence-electron chi connectivity index (χ1n) is 21.7. The van der Waals surface area contributed by atoms with Gasteiger partial charge in [0.2, 0.25) is 23.6 Å². The number of likely N-dealkylation sites (N-methyl/N-ethyl adjacent to an activating group) is 1. The van der Waals surface area contributed by atoms with E-state index in [-0.39, 0.29) is 47.9 Å². The Hall–Kier alpha value is -4.84. The summed E-state index contributed by atoms with van der Waals surface area (Å²) in [6.07, 6.45) is 5.68. The number of benzene rings is 2. The molecule has 0 spiro atoms. The molecule has 2 aliphatic rings. The summed E-state index contributed by atoms with van der Waals surface area (Å²) < 4.78 is 5.05. The average molecular weight is 828 g/mol. The highest BCUT2D eigenvalue weighted by molar-refractivity contribution is 6.09. The first-order valence-corrected chi connectivity index (χ1v) is 21.7. The van der Waals surface area contributed by atoms with Crippen molar-refractivity contribution in [1.29, 1.82) is 0 Å². The van der Waals surface area contributed by atoms with Gasteiger partial charge in [0.15, 0.2) is 5.78 Å². The van der Waals surface area contributed by atoms with Gasteiger partial charge >= 0.3 is 5.97 Å². The van der Waals surface area contributed by atoms with E-state index >= 15 is 0 Å². The van der Waals surface area contributed by atoms with E-state index in [4.69, 9.17) is 4.74 Å². The van der Waals surface area contributed by atoms with E-state index < -0.39 is 41.5 Å². The molecule has 60 heavy (non-hydrogen) atoms. The van der Waals surface area contributed by atoms with Crippen molar-refractivity contribution in [3.05, 3.63) is 82.9 Å². The lowest BCUT2D eigenvalue weighted by Crippen LogP contribution is -2.61. The minimum atomic E-state index is -1.02. The van der Waals surface area contributed by atoms with E-state index in [9.17, 15) is 28.8 Å². The molecule has 2 aromatic rings. The van der Waals surface area contributed by atoms with Gasteiger partial charge < -0.3 is 25.2 Å². The van der Waals surface area contributed by atoms with Crippen LogP contribution < -0.4 is 10.6 Å². The summed E-state index contributed by atoms with van der Waals surface area (Å²) in [4.78, 5) is 87.6. The molecule has 2 fully saturated rings. The molecule has 2 unspecified atom stereocenters. The molecule has 2 N–H and O–H groups in total. The maximum Gasteiger partial charge on any atom is 0.328 e. The maximum atomic E-state index is 14.4. The normalized spacial score (nSPS) is 19.6. The minimum absolute atomic E-state index is 0.0808.